The normalized spacial score (nSPS) is 11.4. The zero-order valence-corrected chi connectivity index (χ0v) is 16.1. The van der Waals surface area contributed by atoms with E-state index in [1.807, 2.05) is 60.7 Å². The number of benzene rings is 2. The average molecular weight is 359 g/mol. The molecule has 0 aliphatic carbocycles. The highest BCUT2D eigenvalue weighted by atomic mass is 16.1. The molecule has 138 valence electrons. The van der Waals surface area contributed by atoms with Crippen molar-refractivity contribution in [3.63, 3.8) is 0 Å². The third-order valence-corrected chi connectivity index (χ3v) is 4.51. The van der Waals surface area contributed by atoms with Gasteiger partial charge in [-0.2, -0.15) is 0 Å². The van der Waals surface area contributed by atoms with Gasteiger partial charge < -0.3 is 9.80 Å². The summed E-state index contributed by atoms with van der Waals surface area (Å²) in [5, 5.41) is 1.07. The maximum atomic E-state index is 12.5. The number of carbonyl (C=O) groups is 1. The SMILES string of the molecule is CN(C)CCN(C)c1ccc(C(=O)/C=C/c2cnc3ccccc3c2)cc1. The number of hydrogen-bond donors (Lipinski definition) is 0. The summed E-state index contributed by atoms with van der Waals surface area (Å²) in [6, 6.07) is 17.7. The molecule has 0 saturated carbocycles. The van der Waals surface area contributed by atoms with E-state index in [1.54, 1.807) is 12.3 Å². The zero-order chi connectivity index (χ0) is 19.2. The number of para-hydroxylation sites is 1. The maximum Gasteiger partial charge on any atom is 0.185 e. The molecule has 0 radical (unpaired) electrons. The predicted octanol–water partition coefficient (Wildman–Crippen LogP) is 4.13. The van der Waals surface area contributed by atoms with E-state index < -0.39 is 0 Å². The summed E-state index contributed by atoms with van der Waals surface area (Å²) in [5.41, 5.74) is 3.66. The number of pyridine rings is 1. The van der Waals surface area contributed by atoms with E-state index in [0.29, 0.717) is 5.56 Å². The van der Waals surface area contributed by atoms with Crippen molar-refractivity contribution >= 4 is 28.4 Å². The van der Waals surface area contributed by atoms with Crippen molar-refractivity contribution in [1.29, 1.82) is 0 Å². The van der Waals surface area contributed by atoms with Crippen molar-refractivity contribution in [2.75, 3.05) is 39.1 Å². The predicted molar refractivity (Wildman–Crippen MR) is 113 cm³/mol. The Morgan fingerprint density at radius 3 is 2.48 bits per heavy atom. The van der Waals surface area contributed by atoms with Crippen LogP contribution in [0.1, 0.15) is 15.9 Å². The number of anilines is 1. The van der Waals surface area contributed by atoms with Gasteiger partial charge in [0.25, 0.3) is 0 Å². The highest BCUT2D eigenvalue weighted by molar-refractivity contribution is 6.07. The van der Waals surface area contributed by atoms with Gasteiger partial charge in [0, 0.05) is 43.0 Å². The molecule has 1 heterocycles. The lowest BCUT2D eigenvalue weighted by molar-refractivity contribution is 0.104. The molecule has 0 bridgehead atoms. The van der Waals surface area contributed by atoms with Gasteiger partial charge in [-0.1, -0.05) is 18.2 Å². The Labute approximate surface area is 160 Å². The van der Waals surface area contributed by atoms with Gasteiger partial charge in [0.2, 0.25) is 0 Å². The van der Waals surface area contributed by atoms with E-state index in [0.717, 1.165) is 35.2 Å². The molecule has 0 unspecified atom stereocenters. The second-order valence-electron chi connectivity index (χ2n) is 6.93. The molecule has 2 aromatic carbocycles. The Bertz CT molecular complexity index is 945. The monoisotopic (exact) mass is 359 g/mol. The van der Waals surface area contributed by atoms with Gasteiger partial charge in [0.15, 0.2) is 5.78 Å². The minimum absolute atomic E-state index is 0.00865. The van der Waals surface area contributed by atoms with E-state index >= 15 is 0 Å². The largest absolute Gasteiger partial charge is 0.373 e. The first kappa shape index (κ1) is 18.8. The number of nitrogens with zero attached hydrogens (tertiary/aromatic N) is 3. The van der Waals surface area contributed by atoms with Gasteiger partial charge >= 0.3 is 0 Å². The van der Waals surface area contributed by atoms with Crippen molar-refractivity contribution < 1.29 is 4.79 Å². The summed E-state index contributed by atoms with van der Waals surface area (Å²) < 4.78 is 0. The Morgan fingerprint density at radius 1 is 1.00 bits per heavy atom. The van der Waals surface area contributed by atoms with Crippen molar-refractivity contribution in [2.24, 2.45) is 0 Å². The van der Waals surface area contributed by atoms with Gasteiger partial charge in [-0.25, -0.2) is 0 Å². The highest BCUT2D eigenvalue weighted by Crippen LogP contribution is 2.16. The minimum atomic E-state index is -0.00865. The topological polar surface area (TPSA) is 36.4 Å². The van der Waals surface area contributed by atoms with Crippen LogP contribution >= 0.6 is 0 Å². The van der Waals surface area contributed by atoms with E-state index in [1.165, 1.54) is 0 Å². The molecule has 0 N–H and O–H groups in total. The Morgan fingerprint density at radius 2 is 1.74 bits per heavy atom. The highest BCUT2D eigenvalue weighted by Gasteiger charge is 2.05. The van der Waals surface area contributed by atoms with E-state index in [-0.39, 0.29) is 5.78 Å². The number of aromatic nitrogens is 1. The van der Waals surface area contributed by atoms with Crippen LogP contribution in [0.3, 0.4) is 0 Å². The molecule has 3 rings (SSSR count). The molecule has 0 atom stereocenters. The van der Waals surface area contributed by atoms with E-state index in [9.17, 15) is 4.79 Å². The second kappa shape index (κ2) is 8.60. The molecule has 0 spiro atoms. The minimum Gasteiger partial charge on any atom is -0.373 e. The molecule has 3 aromatic rings. The van der Waals surface area contributed by atoms with E-state index in [4.69, 9.17) is 0 Å². The number of ketones is 1. The number of allylic oxidation sites excluding steroid dienone is 1. The van der Waals surface area contributed by atoms with Crippen molar-refractivity contribution in [3.8, 4) is 0 Å². The fourth-order valence-corrected chi connectivity index (χ4v) is 2.81. The molecule has 0 aliphatic rings. The third-order valence-electron chi connectivity index (χ3n) is 4.51. The molecule has 0 saturated heterocycles. The van der Waals surface area contributed by atoms with Crippen LogP contribution in [0.15, 0.2) is 66.9 Å². The van der Waals surface area contributed by atoms with Crippen molar-refractivity contribution in [1.82, 2.24) is 9.88 Å². The maximum absolute atomic E-state index is 12.5. The van der Waals surface area contributed by atoms with Crippen LogP contribution in [0, 0.1) is 0 Å². The Kier molecular flexibility index (Phi) is 5.99. The third kappa shape index (κ3) is 5.02. The van der Waals surface area contributed by atoms with Crippen LogP contribution in [-0.2, 0) is 0 Å². The molecule has 27 heavy (non-hydrogen) atoms. The Balaban J connectivity index is 1.67. The fourth-order valence-electron chi connectivity index (χ4n) is 2.81. The summed E-state index contributed by atoms with van der Waals surface area (Å²) in [6.45, 7) is 1.93. The van der Waals surface area contributed by atoms with Gasteiger partial charge in [-0.3, -0.25) is 9.78 Å². The van der Waals surface area contributed by atoms with E-state index in [2.05, 4.69) is 35.9 Å². The molecule has 1 aromatic heterocycles. The summed E-state index contributed by atoms with van der Waals surface area (Å²) >= 11 is 0. The zero-order valence-electron chi connectivity index (χ0n) is 16.1. The van der Waals surface area contributed by atoms with Gasteiger partial charge in [-0.15, -0.1) is 0 Å². The average Bonchev–Trinajstić information content (AvgIpc) is 2.70. The lowest BCUT2D eigenvalue weighted by atomic mass is 10.1. The fraction of sp³-hybridized carbons (Fsp3) is 0.217. The van der Waals surface area contributed by atoms with Gasteiger partial charge in [0.1, 0.15) is 0 Å². The number of likely N-dealkylation sites (N-methyl/N-ethyl adjacent to an activating group) is 2. The first-order chi connectivity index (χ1) is 13.0. The molecular formula is C23H25N3O. The lowest BCUT2D eigenvalue weighted by Gasteiger charge is -2.21. The van der Waals surface area contributed by atoms with Gasteiger partial charge in [0.05, 0.1) is 5.52 Å². The van der Waals surface area contributed by atoms with Crippen molar-refractivity contribution in [2.45, 2.75) is 0 Å². The molecular weight excluding hydrogens is 334 g/mol. The van der Waals surface area contributed by atoms with Crippen LogP contribution in [0.5, 0.6) is 0 Å². The molecule has 0 amide bonds. The molecule has 0 fully saturated rings. The molecule has 4 heteroatoms. The van der Waals surface area contributed by atoms with Crippen LogP contribution in [-0.4, -0.2) is 49.9 Å². The quantitative estimate of drug-likeness (QED) is 0.469. The smallest absolute Gasteiger partial charge is 0.185 e. The second-order valence-corrected chi connectivity index (χ2v) is 6.93. The van der Waals surface area contributed by atoms with Crippen LogP contribution in [0.2, 0.25) is 0 Å². The number of hydrogen-bond acceptors (Lipinski definition) is 4. The number of rotatable bonds is 7. The van der Waals surface area contributed by atoms with Crippen molar-refractivity contribution in [3.05, 3.63) is 78.0 Å². The van der Waals surface area contributed by atoms with Crippen LogP contribution in [0.4, 0.5) is 5.69 Å². The molecule has 4 nitrogen and oxygen atoms in total. The summed E-state index contributed by atoms with van der Waals surface area (Å²) in [4.78, 5) is 21.2. The first-order valence-electron chi connectivity index (χ1n) is 9.06. The summed E-state index contributed by atoms with van der Waals surface area (Å²) in [5.74, 6) is -0.00865. The summed E-state index contributed by atoms with van der Waals surface area (Å²) in [6.07, 6.45) is 5.21. The first-order valence-corrected chi connectivity index (χ1v) is 9.06. The number of carbonyl (C=O) groups excluding carboxylic acids is 1. The Hall–Kier alpha value is -2.98. The van der Waals surface area contributed by atoms with Crippen LogP contribution < -0.4 is 4.90 Å². The molecule has 0 aliphatic heterocycles. The number of fused-ring (bicyclic) bond motifs is 1. The van der Waals surface area contributed by atoms with Crippen LogP contribution in [0.25, 0.3) is 17.0 Å². The van der Waals surface area contributed by atoms with Gasteiger partial charge in [-0.05, 0) is 68.2 Å². The lowest BCUT2D eigenvalue weighted by Crippen LogP contribution is -2.28. The summed E-state index contributed by atoms with van der Waals surface area (Å²) in [7, 11) is 6.19. The standard InChI is InChI=1S/C23H25N3O/c1-25(2)14-15-26(3)21-11-9-19(10-12-21)23(27)13-8-18-16-20-6-4-5-7-22(20)24-17-18/h4-13,16-17H,14-15H2,1-3H3/b13-8+.